The first kappa shape index (κ1) is 62.3. The Morgan fingerprint density at radius 2 is 1.52 bits per heavy atom. The van der Waals surface area contributed by atoms with Crippen LogP contribution in [0.5, 0.6) is 0 Å². The number of carbonyl (C=O) groups is 5. The summed E-state index contributed by atoms with van der Waals surface area (Å²) in [6.45, 7) is 17.2. The van der Waals surface area contributed by atoms with Gasteiger partial charge >= 0.3 is 17.9 Å². The van der Waals surface area contributed by atoms with Crippen LogP contribution in [0.2, 0.25) is 0 Å². The summed E-state index contributed by atoms with van der Waals surface area (Å²) in [4.78, 5) is 68.2. The van der Waals surface area contributed by atoms with Crippen molar-refractivity contribution in [2.75, 3.05) is 34.9 Å². The van der Waals surface area contributed by atoms with Crippen molar-refractivity contribution in [1.82, 2.24) is 4.90 Å². The molecule has 20 nitrogen and oxygen atoms in total. The van der Waals surface area contributed by atoms with Gasteiger partial charge in [-0.2, -0.15) is 0 Å². The van der Waals surface area contributed by atoms with E-state index in [0.29, 0.717) is 18.4 Å². The van der Waals surface area contributed by atoms with E-state index in [1.54, 1.807) is 80.5 Å². The first-order valence-electron chi connectivity index (χ1n) is 26.1. The van der Waals surface area contributed by atoms with Crippen LogP contribution in [0, 0.1) is 23.7 Å². The Morgan fingerprint density at radius 1 is 0.849 bits per heavy atom. The molecule has 3 fully saturated rings. The summed E-state index contributed by atoms with van der Waals surface area (Å²) in [6.07, 6.45) is -8.02. The number of rotatable bonds is 18. The zero-order valence-electron chi connectivity index (χ0n) is 45.5. The number of carbonyl (C=O) groups excluding carboxylic acids is 5. The van der Waals surface area contributed by atoms with E-state index >= 15 is 0 Å². The van der Waals surface area contributed by atoms with Gasteiger partial charge in [0.2, 0.25) is 0 Å². The molecule has 4 heterocycles. The third-order valence-corrected chi connectivity index (χ3v) is 14.6. The van der Waals surface area contributed by atoms with Crippen molar-refractivity contribution < 1.29 is 91.4 Å². The molecule has 0 amide bonds. The molecule has 4 aliphatic heterocycles. The molecule has 3 N–H and O–H groups in total. The van der Waals surface area contributed by atoms with E-state index in [0.717, 1.165) is 6.29 Å². The van der Waals surface area contributed by atoms with Crippen molar-refractivity contribution in [2.24, 2.45) is 23.7 Å². The second kappa shape index (κ2) is 28.8. The highest BCUT2D eigenvalue weighted by atomic mass is 16.7. The molecule has 0 aromatic rings. The number of aliphatic hydroxyl groups excluding tert-OH is 2. The Kier molecular flexibility index (Phi) is 24.5. The molecule has 21 unspecified atom stereocenters. The van der Waals surface area contributed by atoms with E-state index in [-0.39, 0.29) is 44.5 Å². The Bertz CT molecular complexity index is 1840. The lowest BCUT2D eigenvalue weighted by atomic mass is 9.79. The summed E-state index contributed by atoms with van der Waals surface area (Å²) in [6, 6.07) is -0.807. The van der Waals surface area contributed by atoms with Gasteiger partial charge in [-0.15, -0.1) is 0 Å². The summed E-state index contributed by atoms with van der Waals surface area (Å²) in [5.74, 6) is -4.82. The lowest BCUT2D eigenvalue weighted by Crippen LogP contribution is -2.65. The highest BCUT2D eigenvalue weighted by Gasteiger charge is 2.53. The number of allylic oxidation sites excluding steroid dienone is 3. The van der Waals surface area contributed by atoms with Gasteiger partial charge in [0.15, 0.2) is 30.8 Å². The molecular formula is C53H87NO19. The number of aliphatic hydroxyl groups is 3. The first-order chi connectivity index (χ1) is 34.4. The van der Waals surface area contributed by atoms with E-state index in [9.17, 15) is 39.3 Å². The molecule has 418 valence electrons. The number of nitrogens with zero attached hydrogens (tertiary/aromatic N) is 1. The summed E-state index contributed by atoms with van der Waals surface area (Å²) < 4.78 is 67.4. The number of ketones is 1. The first-order valence-corrected chi connectivity index (χ1v) is 26.1. The van der Waals surface area contributed by atoms with Gasteiger partial charge in [-0.3, -0.25) is 19.2 Å². The van der Waals surface area contributed by atoms with Gasteiger partial charge in [0.05, 0.1) is 43.5 Å². The maximum absolute atomic E-state index is 14.3. The van der Waals surface area contributed by atoms with Crippen molar-refractivity contribution in [3.05, 3.63) is 23.8 Å². The van der Waals surface area contributed by atoms with E-state index in [4.69, 9.17) is 52.1 Å². The number of methoxy groups -OCH3 is 2. The van der Waals surface area contributed by atoms with Crippen LogP contribution in [0.15, 0.2) is 23.8 Å². The standard InChI is InChI=1S/C53H87NO19/c1-15-18-40(58)71-50-33(9)66-42(26-53(50,10)62)72-47-32(8)68-51(45(61)43(47)54(11)12)73-46-30(6)38(70-39(57)17-3)25-41(59)69-37(16-2)35(23-28(4)19-20-36(56)29(5)24-34(46)21-22-55)27-65-52-49(64-14)48(63-13)44(60)31(7)67-52/h19-20,22-23,29-35,37-38,42-52,60-62H,15-18,21,24-27H2,1-14H3. The van der Waals surface area contributed by atoms with Crippen LogP contribution < -0.4 is 0 Å². The van der Waals surface area contributed by atoms with Crippen LogP contribution in [0.4, 0.5) is 0 Å². The molecule has 4 aliphatic rings. The van der Waals surface area contributed by atoms with Crippen LogP contribution in [0.3, 0.4) is 0 Å². The van der Waals surface area contributed by atoms with Crippen LogP contribution in [0.25, 0.3) is 0 Å². The van der Waals surface area contributed by atoms with Crippen LogP contribution in [-0.2, 0) is 76.1 Å². The number of ether oxygens (including phenoxy) is 11. The van der Waals surface area contributed by atoms with Gasteiger partial charge in [0.1, 0.15) is 54.6 Å². The Hall–Kier alpha value is -3.25. The molecule has 0 aromatic carbocycles. The fourth-order valence-corrected chi connectivity index (χ4v) is 10.5. The largest absolute Gasteiger partial charge is 0.462 e. The maximum atomic E-state index is 14.3. The highest BCUT2D eigenvalue weighted by Crippen LogP contribution is 2.39. The molecule has 0 radical (unpaired) electrons. The van der Waals surface area contributed by atoms with E-state index in [1.807, 2.05) is 19.9 Å². The minimum atomic E-state index is -1.52. The normalized spacial score (nSPS) is 40.4. The number of aldehydes is 1. The molecule has 3 saturated heterocycles. The summed E-state index contributed by atoms with van der Waals surface area (Å²) in [7, 11) is 6.42. The topological polar surface area (TPSA) is 251 Å². The van der Waals surface area contributed by atoms with Crippen molar-refractivity contribution in [3.8, 4) is 0 Å². The van der Waals surface area contributed by atoms with Gasteiger partial charge in [0, 0.05) is 57.7 Å². The Balaban J connectivity index is 1.68. The number of hydrogen-bond acceptors (Lipinski definition) is 20. The lowest BCUT2D eigenvalue weighted by molar-refractivity contribution is -0.342. The van der Waals surface area contributed by atoms with Gasteiger partial charge in [-0.05, 0) is 80.0 Å². The monoisotopic (exact) mass is 1040 g/mol. The van der Waals surface area contributed by atoms with Crippen molar-refractivity contribution in [1.29, 1.82) is 0 Å². The van der Waals surface area contributed by atoms with Gasteiger partial charge in [-0.1, -0.05) is 52.3 Å². The van der Waals surface area contributed by atoms with Crippen molar-refractivity contribution in [3.63, 3.8) is 0 Å². The summed E-state index contributed by atoms with van der Waals surface area (Å²) >= 11 is 0. The van der Waals surface area contributed by atoms with Crippen LogP contribution in [0.1, 0.15) is 121 Å². The molecular weight excluding hydrogens is 955 g/mol. The predicted molar refractivity (Wildman–Crippen MR) is 263 cm³/mol. The average Bonchev–Trinajstić information content (AvgIpc) is 3.32. The molecule has 21 atom stereocenters. The minimum absolute atomic E-state index is 0.0246. The predicted octanol–water partition coefficient (Wildman–Crippen LogP) is 4.15. The summed E-state index contributed by atoms with van der Waals surface area (Å²) in [5.41, 5.74) is -0.853. The average molecular weight is 1040 g/mol. The fraction of sp³-hybridized carbons (Fsp3) is 0.830. The highest BCUT2D eigenvalue weighted by molar-refractivity contribution is 5.91. The zero-order chi connectivity index (χ0) is 54.5. The SMILES string of the molecule is CCCC(=O)OC1C(C)OC(OC2C(C)OC(OC3C(CC=O)CC(C)C(=O)C=CC(C)=CC(COC4OC(C)C(O)C(OC)C4OC)C(CC)OC(=O)CC(OC(=O)CC)C3C)C(O)C2N(C)C)CC1(C)O. The number of esters is 3. The van der Waals surface area contributed by atoms with Crippen LogP contribution in [-0.4, -0.2) is 189 Å². The lowest BCUT2D eigenvalue weighted by Gasteiger charge is -2.50. The Labute approximate surface area is 432 Å². The quantitative estimate of drug-likeness (QED) is 0.0991. The smallest absolute Gasteiger partial charge is 0.309 e. The number of likely N-dealkylation sites (N-methyl/N-ethyl adjacent to an activating group) is 1. The molecule has 73 heavy (non-hydrogen) atoms. The minimum Gasteiger partial charge on any atom is -0.462 e. The van der Waals surface area contributed by atoms with Crippen molar-refractivity contribution in [2.45, 2.75) is 224 Å². The van der Waals surface area contributed by atoms with Gasteiger partial charge in [0.25, 0.3) is 0 Å². The molecule has 0 aliphatic carbocycles. The van der Waals surface area contributed by atoms with Gasteiger partial charge < -0.3 is 77.1 Å². The molecule has 20 heteroatoms. The second-order valence-corrected chi connectivity index (χ2v) is 20.8. The number of cyclic esters (lactones) is 1. The molecule has 4 rings (SSSR count). The molecule has 0 aromatic heterocycles. The van der Waals surface area contributed by atoms with E-state index < -0.39 is 152 Å². The number of hydrogen-bond donors (Lipinski definition) is 3. The van der Waals surface area contributed by atoms with Crippen molar-refractivity contribution >= 4 is 30.0 Å². The molecule has 0 saturated carbocycles. The molecule has 0 bridgehead atoms. The Morgan fingerprint density at radius 3 is 2.11 bits per heavy atom. The van der Waals surface area contributed by atoms with Gasteiger partial charge in [-0.25, -0.2) is 0 Å². The maximum Gasteiger partial charge on any atom is 0.309 e. The van der Waals surface area contributed by atoms with E-state index in [2.05, 4.69) is 0 Å². The molecule has 0 spiro atoms. The third-order valence-electron chi connectivity index (χ3n) is 14.6. The van der Waals surface area contributed by atoms with Crippen LogP contribution >= 0.6 is 0 Å². The zero-order valence-corrected chi connectivity index (χ0v) is 45.5. The third kappa shape index (κ3) is 16.6. The summed E-state index contributed by atoms with van der Waals surface area (Å²) in [5, 5.41) is 34.5. The second-order valence-electron chi connectivity index (χ2n) is 20.8. The van der Waals surface area contributed by atoms with E-state index in [1.165, 1.54) is 20.3 Å². The fourth-order valence-electron chi connectivity index (χ4n) is 10.5.